The summed E-state index contributed by atoms with van der Waals surface area (Å²) in [4.78, 5) is 8.23. The van der Waals surface area contributed by atoms with Gasteiger partial charge in [-0.25, -0.2) is 9.97 Å². The van der Waals surface area contributed by atoms with Gasteiger partial charge in [0.25, 0.3) is 0 Å². The van der Waals surface area contributed by atoms with Gasteiger partial charge in [-0.3, -0.25) is 0 Å². The smallest absolute Gasteiger partial charge is 0.222 e. The third kappa shape index (κ3) is 4.21. The largest absolute Gasteiger partial charge is 0.351 e. The average molecular weight is 289 g/mol. The van der Waals surface area contributed by atoms with Crippen molar-refractivity contribution in [3.63, 3.8) is 0 Å². The maximum absolute atomic E-state index is 4.12. The Balaban J connectivity index is 2.46. The van der Waals surface area contributed by atoms with Crippen LogP contribution in [0.15, 0.2) is 24.0 Å². The molecular weight excluding hydrogens is 277 g/mol. The van der Waals surface area contributed by atoms with Gasteiger partial charge in [0.15, 0.2) is 0 Å². The van der Waals surface area contributed by atoms with Gasteiger partial charge in [0.05, 0.1) is 0 Å². The van der Waals surface area contributed by atoms with E-state index in [1.807, 2.05) is 0 Å². The van der Waals surface area contributed by atoms with E-state index in [4.69, 9.17) is 0 Å². The minimum absolute atomic E-state index is 0.679. The highest BCUT2D eigenvalue weighted by Crippen LogP contribution is 2.02. The standard InChI is InChI=1S/C9H12IN3/c1-7(2)3-4-11-9-12-5-8(10)6-13-9/h3,5-6H,4H2,1-2H3,(H,11,12,13). The summed E-state index contributed by atoms with van der Waals surface area (Å²) in [6, 6.07) is 0. The molecule has 0 fully saturated rings. The second-order valence-electron chi connectivity index (χ2n) is 2.89. The molecule has 1 N–H and O–H groups in total. The van der Waals surface area contributed by atoms with Crippen LogP contribution in [-0.4, -0.2) is 16.5 Å². The highest BCUT2D eigenvalue weighted by molar-refractivity contribution is 14.1. The molecule has 0 unspecified atom stereocenters. The fourth-order valence-electron chi connectivity index (χ4n) is 0.750. The second kappa shape index (κ2) is 5.16. The minimum atomic E-state index is 0.679. The molecule has 0 aliphatic heterocycles. The van der Waals surface area contributed by atoms with Crippen molar-refractivity contribution in [2.45, 2.75) is 13.8 Å². The van der Waals surface area contributed by atoms with Gasteiger partial charge in [-0.2, -0.15) is 0 Å². The highest BCUT2D eigenvalue weighted by Gasteiger charge is 1.92. The zero-order valence-electron chi connectivity index (χ0n) is 7.71. The number of nitrogens with one attached hydrogen (secondary N) is 1. The van der Waals surface area contributed by atoms with Gasteiger partial charge in [0, 0.05) is 22.5 Å². The van der Waals surface area contributed by atoms with Crippen molar-refractivity contribution in [3.8, 4) is 0 Å². The van der Waals surface area contributed by atoms with E-state index in [0.717, 1.165) is 10.1 Å². The molecule has 3 nitrogen and oxygen atoms in total. The monoisotopic (exact) mass is 289 g/mol. The predicted octanol–water partition coefficient (Wildman–Crippen LogP) is 2.46. The van der Waals surface area contributed by atoms with Crippen LogP contribution in [0.3, 0.4) is 0 Å². The van der Waals surface area contributed by atoms with Gasteiger partial charge in [0.2, 0.25) is 5.95 Å². The molecule has 1 aromatic heterocycles. The molecule has 0 radical (unpaired) electrons. The Morgan fingerprint density at radius 3 is 2.62 bits per heavy atom. The molecule has 1 aromatic rings. The maximum Gasteiger partial charge on any atom is 0.222 e. The molecule has 0 atom stereocenters. The molecular formula is C9H12IN3. The summed E-state index contributed by atoms with van der Waals surface area (Å²) in [5.74, 6) is 0.679. The summed E-state index contributed by atoms with van der Waals surface area (Å²) in [6.07, 6.45) is 5.68. The van der Waals surface area contributed by atoms with E-state index in [0.29, 0.717) is 5.95 Å². The van der Waals surface area contributed by atoms with Gasteiger partial charge < -0.3 is 5.32 Å². The number of halogens is 1. The van der Waals surface area contributed by atoms with Crippen molar-refractivity contribution in [2.24, 2.45) is 0 Å². The number of anilines is 1. The zero-order chi connectivity index (χ0) is 9.68. The van der Waals surface area contributed by atoms with Crippen molar-refractivity contribution in [3.05, 3.63) is 27.6 Å². The van der Waals surface area contributed by atoms with Gasteiger partial charge in [-0.05, 0) is 36.4 Å². The average Bonchev–Trinajstić information content (AvgIpc) is 2.08. The van der Waals surface area contributed by atoms with E-state index >= 15 is 0 Å². The second-order valence-corrected chi connectivity index (χ2v) is 4.13. The summed E-state index contributed by atoms with van der Waals surface area (Å²) in [5.41, 5.74) is 1.29. The summed E-state index contributed by atoms with van der Waals surface area (Å²) >= 11 is 2.18. The third-order valence-electron chi connectivity index (χ3n) is 1.39. The Hall–Kier alpha value is -0.650. The summed E-state index contributed by atoms with van der Waals surface area (Å²) < 4.78 is 1.05. The third-order valence-corrected chi connectivity index (χ3v) is 1.95. The molecule has 0 saturated carbocycles. The molecule has 70 valence electrons. The van der Waals surface area contributed by atoms with E-state index in [-0.39, 0.29) is 0 Å². The SMILES string of the molecule is CC(C)=CCNc1ncc(I)cn1. The summed E-state index contributed by atoms with van der Waals surface area (Å²) in [5, 5.41) is 3.10. The molecule has 1 rings (SSSR count). The highest BCUT2D eigenvalue weighted by atomic mass is 127. The lowest BCUT2D eigenvalue weighted by molar-refractivity contribution is 1.10. The van der Waals surface area contributed by atoms with Crippen molar-refractivity contribution >= 4 is 28.5 Å². The van der Waals surface area contributed by atoms with E-state index in [9.17, 15) is 0 Å². The first-order valence-electron chi connectivity index (χ1n) is 4.03. The molecule has 0 spiro atoms. The molecule has 0 aliphatic carbocycles. The van der Waals surface area contributed by atoms with E-state index < -0.39 is 0 Å². The van der Waals surface area contributed by atoms with Crippen LogP contribution in [0, 0.1) is 3.57 Å². The molecule has 0 amide bonds. The van der Waals surface area contributed by atoms with Crippen LogP contribution in [-0.2, 0) is 0 Å². The molecule has 0 aromatic carbocycles. The maximum atomic E-state index is 4.12. The Kier molecular flexibility index (Phi) is 4.14. The first-order chi connectivity index (χ1) is 6.18. The Morgan fingerprint density at radius 2 is 2.08 bits per heavy atom. The fourth-order valence-corrected chi connectivity index (χ4v) is 1.03. The van der Waals surface area contributed by atoms with Crippen molar-refractivity contribution in [1.82, 2.24) is 9.97 Å². The molecule has 0 bridgehead atoms. The Bertz CT molecular complexity index is 288. The lowest BCUT2D eigenvalue weighted by Crippen LogP contribution is -2.03. The minimum Gasteiger partial charge on any atom is -0.351 e. The van der Waals surface area contributed by atoms with Gasteiger partial charge in [0.1, 0.15) is 0 Å². The van der Waals surface area contributed by atoms with E-state index in [1.54, 1.807) is 12.4 Å². The Labute approximate surface area is 91.8 Å². The number of hydrogen-bond donors (Lipinski definition) is 1. The topological polar surface area (TPSA) is 37.8 Å². The lowest BCUT2D eigenvalue weighted by atomic mass is 10.3. The van der Waals surface area contributed by atoms with Crippen LogP contribution in [0.1, 0.15) is 13.8 Å². The van der Waals surface area contributed by atoms with Crippen molar-refractivity contribution in [1.29, 1.82) is 0 Å². The van der Waals surface area contributed by atoms with E-state index in [2.05, 4.69) is 57.8 Å². The quantitative estimate of drug-likeness (QED) is 0.686. The fraction of sp³-hybridized carbons (Fsp3) is 0.333. The number of hydrogen-bond acceptors (Lipinski definition) is 3. The van der Waals surface area contributed by atoms with Crippen LogP contribution in [0.4, 0.5) is 5.95 Å². The van der Waals surface area contributed by atoms with Crippen molar-refractivity contribution < 1.29 is 0 Å². The van der Waals surface area contributed by atoms with Crippen molar-refractivity contribution in [2.75, 3.05) is 11.9 Å². The first-order valence-corrected chi connectivity index (χ1v) is 5.11. The Morgan fingerprint density at radius 1 is 1.46 bits per heavy atom. The first kappa shape index (κ1) is 10.4. The lowest BCUT2D eigenvalue weighted by Gasteiger charge is -2.00. The van der Waals surface area contributed by atoms with Gasteiger partial charge in [-0.15, -0.1) is 0 Å². The normalized spacial score (nSPS) is 9.46. The zero-order valence-corrected chi connectivity index (χ0v) is 9.87. The summed E-state index contributed by atoms with van der Waals surface area (Å²) in [6.45, 7) is 4.91. The van der Waals surface area contributed by atoms with Crippen LogP contribution in [0.5, 0.6) is 0 Å². The molecule has 0 saturated heterocycles. The molecule has 13 heavy (non-hydrogen) atoms. The number of rotatable bonds is 3. The molecule has 1 heterocycles. The van der Waals surface area contributed by atoms with E-state index in [1.165, 1.54) is 5.57 Å². The number of nitrogens with zero attached hydrogens (tertiary/aromatic N) is 2. The molecule has 0 aliphatic rings. The van der Waals surface area contributed by atoms with Gasteiger partial charge >= 0.3 is 0 Å². The number of allylic oxidation sites excluding steroid dienone is 1. The van der Waals surface area contributed by atoms with Crippen LogP contribution in [0.2, 0.25) is 0 Å². The summed E-state index contributed by atoms with van der Waals surface area (Å²) in [7, 11) is 0. The van der Waals surface area contributed by atoms with Crippen LogP contribution >= 0.6 is 22.6 Å². The molecule has 4 heteroatoms. The van der Waals surface area contributed by atoms with Crippen LogP contribution in [0.25, 0.3) is 0 Å². The van der Waals surface area contributed by atoms with Crippen LogP contribution < -0.4 is 5.32 Å². The number of aromatic nitrogens is 2. The van der Waals surface area contributed by atoms with Gasteiger partial charge in [-0.1, -0.05) is 11.6 Å². The predicted molar refractivity (Wildman–Crippen MR) is 62.7 cm³/mol.